The molecule has 0 saturated carbocycles. The number of nitrogens with zero attached hydrogens (tertiary/aromatic N) is 2. The first kappa shape index (κ1) is 19.8. The van der Waals surface area contributed by atoms with Gasteiger partial charge in [0.05, 0.1) is 21.2 Å². The van der Waals surface area contributed by atoms with E-state index >= 15 is 0 Å². The summed E-state index contributed by atoms with van der Waals surface area (Å²) >= 11 is 5.03. The first-order chi connectivity index (χ1) is 13.9. The first-order valence-electron chi connectivity index (χ1n) is 8.93. The van der Waals surface area contributed by atoms with E-state index in [1.165, 1.54) is 23.5 Å². The van der Waals surface area contributed by atoms with Crippen molar-refractivity contribution in [1.29, 1.82) is 0 Å². The van der Waals surface area contributed by atoms with Crippen LogP contribution in [0.3, 0.4) is 0 Å². The van der Waals surface area contributed by atoms with Crippen molar-refractivity contribution in [3.63, 3.8) is 0 Å². The number of carbonyl (C=O) groups excluding carboxylic acids is 1. The number of aromatic nitrogens is 1. The van der Waals surface area contributed by atoms with Gasteiger partial charge in [0.1, 0.15) is 17.3 Å². The fourth-order valence-electron chi connectivity index (χ4n) is 3.32. The van der Waals surface area contributed by atoms with E-state index < -0.39 is 11.6 Å². The molecular formula is C22H17BrF2N2OS. The van der Waals surface area contributed by atoms with E-state index in [2.05, 4.69) is 15.9 Å². The molecule has 4 rings (SSSR count). The molecule has 0 radical (unpaired) electrons. The van der Waals surface area contributed by atoms with Crippen LogP contribution in [0.1, 0.15) is 21.6 Å². The lowest BCUT2D eigenvalue weighted by Crippen LogP contribution is -2.28. The molecule has 0 atom stereocenters. The Morgan fingerprint density at radius 1 is 1.14 bits per heavy atom. The molecule has 3 nitrogen and oxygen atoms in total. The molecule has 0 aliphatic carbocycles. The zero-order valence-corrected chi connectivity index (χ0v) is 17.9. The van der Waals surface area contributed by atoms with Crippen LogP contribution in [0.25, 0.3) is 10.2 Å². The lowest BCUT2D eigenvalue weighted by molar-refractivity contribution is 0.0775. The Morgan fingerprint density at radius 2 is 1.90 bits per heavy atom. The second-order valence-corrected chi connectivity index (χ2v) is 8.56. The summed E-state index contributed by atoms with van der Waals surface area (Å²) in [6.07, 6.45) is 0. The monoisotopic (exact) mass is 474 g/mol. The van der Waals surface area contributed by atoms with Gasteiger partial charge >= 0.3 is 0 Å². The highest BCUT2D eigenvalue weighted by Crippen LogP contribution is 2.34. The predicted octanol–water partition coefficient (Wildman–Crippen LogP) is 6.06. The van der Waals surface area contributed by atoms with Gasteiger partial charge in [-0.15, -0.1) is 11.3 Å². The Hall–Kier alpha value is -2.51. The third-order valence-corrected chi connectivity index (χ3v) is 6.58. The van der Waals surface area contributed by atoms with E-state index in [0.717, 1.165) is 26.3 Å². The molecule has 0 fully saturated rings. The van der Waals surface area contributed by atoms with Gasteiger partial charge in [0.15, 0.2) is 0 Å². The van der Waals surface area contributed by atoms with E-state index in [4.69, 9.17) is 0 Å². The predicted molar refractivity (Wildman–Crippen MR) is 115 cm³/mol. The molecule has 0 unspecified atom stereocenters. The number of hydrogen-bond donors (Lipinski definition) is 0. The third-order valence-electron chi connectivity index (χ3n) is 4.75. The molecule has 0 aliphatic rings. The van der Waals surface area contributed by atoms with Crippen LogP contribution in [0, 0.1) is 11.6 Å². The lowest BCUT2D eigenvalue weighted by Gasteiger charge is -2.19. The third kappa shape index (κ3) is 3.97. The first-order valence-corrected chi connectivity index (χ1v) is 10.6. The Bertz CT molecular complexity index is 1190. The van der Waals surface area contributed by atoms with Crippen LogP contribution in [0.2, 0.25) is 0 Å². The van der Waals surface area contributed by atoms with Crippen molar-refractivity contribution in [3.8, 4) is 0 Å². The fraction of sp³-hybridized carbons (Fsp3) is 0.136. The van der Waals surface area contributed by atoms with Crippen LogP contribution in [0.4, 0.5) is 8.78 Å². The van der Waals surface area contributed by atoms with Gasteiger partial charge in [0, 0.05) is 30.6 Å². The number of halogens is 3. The second kappa shape index (κ2) is 8.08. The van der Waals surface area contributed by atoms with Gasteiger partial charge in [-0.2, -0.15) is 0 Å². The van der Waals surface area contributed by atoms with Crippen molar-refractivity contribution in [3.05, 3.63) is 92.9 Å². The highest BCUT2D eigenvalue weighted by molar-refractivity contribution is 9.10. The van der Waals surface area contributed by atoms with Crippen LogP contribution in [0.15, 0.2) is 64.5 Å². The minimum Gasteiger partial charge on any atom is -0.336 e. The molecule has 4 aromatic rings. The van der Waals surface area contributed by atoms with Gasteiger partial charge < -0.3 is 9.47 Å². The number of amides is 1. The van der Waals surface area contributed by atoms with Gasteiger partial charge in [-0.05, 0) is 33.6 Å². The number of thiophene rings is 1. The van der Waals surface area contributed by atoms with E-state index in [9.17, 15) is 13.6 Å². The fourth-order valence-corrected chi connectivity index (χ4v) is 5.01. The second-order valence-electron chi connectivity index (χ2n) is 6.79. The van der Waals surface area contributed by atoms with E-state index in [0.29, 0.717) is 17.8 Å². The molecule has 2 heterocycles. The van der Waals surface area contributed by atoms with Crippen LogP contribution in [0.5, 0.6) is 0 Å². The number of carbonyl (C=O) groups is 1. The maximum absolute atomic E-state index is 14.3. The van der Waals surface area contributed by atoms with Crippen molar-refractivity contribution in [2.24, 2.45) is 0 Å². The number of rotatable bonds is 5. The highest BCUT2D eigenvalue weighted by atomic mass is 79.9. The Morgan fingerprint density at radius 3 is 2.62 bits per heavy atom. The molecular weight excluding hydrogens is 458 g/mol. The number of fused-ring (bicyclic) bond motifs is 1. The summed E-state index contributed by atoms with van der Waals surface area (Å²) in [5.41, 5.74) is 2.64. The van der Waals surface area contributed by atoms with Crippen molar-refractivity contribution in [2.75, 3.05) is 7.05 Å². The van der Waals surface area contributed by atoms with Gasteiger partial charge in [-0.3, -0.25) is 4.79 Å². The minimum absolute atomic E-state index is 0.130. The SMILES string of the molecule is CN(Cc1ccccc1)C(=O)c1cc2scc(Br)c2n1Cc1ccc(F)cc1F. The average Bonchev–Trinajstić information content (AvgIpc) is 3.24. The van der Waals surface area contributed by atoms with Crippen molar-refractivity contribution >= 4 is 43.4 Å². The normalized spacial score (nSPS) is 11.2. The standard InChI is InChI=1S/C22H17BrF2N2OS/c1-26(11-14-5-3-2-4-6-14)22(28)19-10-20-21(17(23)13-29-20)27(19)12-15-7-8-16(24)9-18(15)25/h2-10,13H,11-12H2,1H3. The summed E-state index contributed by atoms with van der Waals surface area (Å²) in [4.78, 5) is 14.9. The molecule has 29 heavy (non-hydrogen) atoms. The smallest absolute Gasteiger partial charge is 0.270 e. The van der Waals surface area contributed by atoms with Crippen LogP contribution < -0.4 is 0 Å². The Kier molecular flexibility index (Phi) is 5.52. The summed E-state index contributed by atoms with van der Waals surface area (Å²) < 4.78 is 31.1. The molecule has 0 saturated heterocycles. The van der Waals surface area contributed by atoms with Crippen molar-refractivity contribution in [2.45, 2.75) is 13.1 Å². The van der Waals surface area contributed by atoms with Crippen LogP contribution >= 0.6 is 27.3 Å². The summed E-state index contributed by atoms with van der Waals surface area (Å²) in [7, 11) is 1.74. The summed E-state index contributed by atoms with van der Waals surface area (Å²) in [5.74, 6) is -1.42. The van der Waals surface area contributed by atoms with Gasteiger partial charge in [0.2, 0.25) is 0 Å². The minimum atomic E-state index is -0.630. The van der Waals surface area contributed by atoms with Crippen LogP contribution in [-0.4, -0.2) is 22.4 Å². The van der Waals surface area contributed by atoms with Crippen LogP contribution in [-0.2, 0) is 13.1 Å². The van der Waals surface area contributed by atoms with E-state index in [-0.39, 0.29) is 12.5 Å². The topological polar surface area (TPSA) is 25.2 Å². The quantitative estimate of drug-likeness (QED) is 0.344. The molecule has 0 aliphatic heterocycles. The maximum atomic E-state index is 14.3. The molecule has 1 amide bonds. The van der Waals surface area contributed by atoms with Gasteiger partial charge in [-0.1, -0.05) is 36.4 Å². The highest BCUT2D eigenvalue weighted by Gasteiger charge is 2.22. The zero-order chi connectivity index (χ0) is 20.5. The molecule has 2 aromatic heterocycles. The summed E-state index contributed by atoms with van der Waals surface area (Å²) in [6.45, 7) is 0.593. The summed E-state index contributed by atoms with van der Waals surface area (Å²) in [6, 6.07) is 15.1. The Labute approximate surface area is 179 Å². The molecule has 0 spiro atoms. The van der Waals surface area contributed by atoms with Gasteiger partial charge in [-0.25, -0.2) is 8.78 Å². The van der Waals surface area contributed by atoms with Gasteiger partial charge in [0.25, 0.3) is 5.91 Å². The number of hydrogen-bond acceptors (Lipinski definition) is 2. The Balaban J connectivity index is 1.72. The van der Waals surface area contributed by atoms with E-state index in [1.807, 2.05) is 41.8 Å². The van der Waals surface area contributed by atoms with Crippen molar-refractivity contribution in [1.82, 2.24) is 9.47 Å². The molecule has 148 valence electrons. The molecule has 7 heteroatoms. The lowest BCUT2D eigenvalue weighted by atomic mass is 10.2. The summed E-state index contributed by atoms with van der Waals surface area (Å²) in [5, 5.41) is 1.93. The largest absolute Gasteiger partial charge is 0.336 e. The van der Waals surface area contributed by atoms with E-state index in [1.54, 1.807) is 16.5 Å². The average molecular weight is 475 g/mol. The maximum Gasteiger partial charge on any atom is 0.270 e. The molecule has 0 bridgehead atoms. The van der Waals surface area contributed by atoms with Crippen molar-refractivity contribution < 1.29 is 13.6 Å². The zero-order valence-electron chi connectivity index (χ0n) is 15.5. The number of benzene rings is 2. The molecule has 2 aromatic carbocycles. The molecule has 0 N–H and O–H groups in total.